The van der Waals surface area contributed by atoms with Crippen LogP contribution in [0.1, 0.15) is 11.1 Å². The summed E-state index contributed by atoms with van der Waals surface area (Å²) >= 11 is 0. The first-order chi connectivity index (χ1) is 15.4. The second-order valence-corrected chi connectivity index (χ2v) is 8.35. The Morgan fingerprint density at radius 2 is 1.26 bits per heavy atom. The van der Waals surface area contributed by atoms with E-state index < -0.39 is 0 Å². The van der Waals surface area contributed by atoms with E-state index in [9.17, 15) is 0 Å². The molecule has 1 aliphatic rings. The molecular formula is C30H19N. The molecule has 144 valence electrons. The number of pyridine rings is 1. The lowest BCUT2D eigenvalue weighted by Gasteiger charge is -2.16. The average Bonchev–Trinajstić information content (AvgIpc) is 3.22. The number of aromatic nitrogens is 1. The Labute approximate surface area is 180 Å². The molecule has 0 spiro atoms. The lowest BCUT2D eigenvalue weighted by atomic mass is 9.89. The van der Waals surface area contributed by atoms with Gasteiger partial charge in [0.05, 0.1) is 11.0 Å². The van der Waals surface area contributed by atoms with Gasteiger partial charge in [0.25, 0.3) is 0 Å². The van der Waals surface area contributed by atoms with Crippen molar-refractivity contribution in [2.24, 2.45) is 0 Å². The van der Waals surface area contributed by atoms with Gasteiger partial charge in [-0.25, -0.2) is 4.98 Å². The molecule has 0 saturated heterocycles. The van der Waals surface area contributed by atoms with E-state index in [-0.39, 0.29) is 0 Å². The van der Waals surface area contributed by atoms with Crippen LogP contribution in [0.5, 0.6) is 0 Å². The summed E-state index contributed by atoms with van der Waals surface area (Å²) in [5.74, 6) is 0. The highest BCUT2D eigenvalue weighted by molar-refractivity contribution is 6.17. The monoisotopic (exact) mass is 393 g/mol. The molecule has 31 heavy (non-hydrogen) atoms. The maximum Gasteiger partial charge on any atom is 0.0794 e. The first-order valence-electron chi connectivity index (χ1n) is 10.8. The summed E-state index contributed by atoms with van der Waals surface area (Å²) in [6.07, 6.45) is 0.980. The number of hydrogen-bond acceptors (Lipinski definition) is 1. The third-order valence-corrected chi connectivity index (χ3v) is 6.70. The molecular weight excluding hydrogens is 374 g/mol. The highest BCUT2D eigenvalue weighted by Gasteiger charge is 2.23. The minimum atomic E-state index is 0.980. The fraction of sp³-hybridized carbons (Fsp3) is 0.0333. The number of fused-ring (bicyclic) bond motifs is 7. The first kappa shape index (κ1) is 16.8. The Bertz CT molecular complexity index is 1660. The van der Waals surface area contributed by atoms with Gasteiger partial charge in [0, 0.05) is 21.7 Å². The predicted octanol–water partition coefficient (Wildman–Crippen LogP) is 7.78. The molecule has 0 fully saturated rings. The Morgan fingerprint density at radius 1 is 0.516 bits per heavy atom. The second kappa shape index (κ2) is 6.26. The van der Waals surface area contributed by atoms with Crippen LogP contribution in [0, 0.1) is 0 Å². The Kier molecular flexibility index (Phi) is 3.39. The number of hydrogen-bond donors (Lipinski definition) is 0. The van der Waals surface area contributed by atoms with Gasteiger partial charge in [0.15, 0.2) is 0 Å². The Morgan fingerprint density at radius 3 is 2.23 bits per heavy atom. The Hall–Kier alpha value is -3.97. The fourth-order valence-corrected chi connectivity index (χ4v) is 5.31. The summed E-state index contributed by atoms with van der Waals surface area (Å²) in [4.78, 5) is 5.13. The lowest BCUT2D eigenvalue weighted by Crippen LogP contribution is -1.94. The van der Waals surface area contributed by atoms with E-state index in [1.54, 1.807) is 0 Å². The van der Waals surface area contributed by atoms with E-state index in [0.717, 1.165) is 17.5 Å². The zero-order valence-electron chi connectivity index (χ0n) is 17.0. The van der Waals surface area contributed by atoms with E-state index in [1.807, 2.05) is 0 Å². The summed E-state index contributed by atoms with van der Waals surface area (Å²) in [5.41, 5.74) is 10.3. The third-order valence-electron chi connectivity index (χ3n) is 6.70. The number of benzene rings is 5. The summed E-state index contributed by atoms with van der Waals surface area (Å²) in [7, 11) is 0. The maximum atomic E-state index is 5.13. The van der Waals surface area contributed by atoms with Crippen molar-refractivity contribution in [3.05, 3.63) is 114 Å². The standard InChI is InChI=1S/C30H19N/c1-4-11-22-19(8-1)16-17-26-29(25-12-5-6-15-28(25)31-30(22)26)24-14-7-13-23-21-10-3-2-9-20(21)18-27(23)24/h1-17H,18H2. The molecule has 1 aliphatic carbocycles. The van der Waals surface area contributed by atoms with Crippen LogP contribution >= 0.6 is 0 Å². The molecule has 0 N–H and O–H groups in total. The smallest absolute Gasteiger partial charge is 0.0794 e. The molecule has 1 aromatic heterocycles. The summed E-state index contributed by atoms with van der Waals surface area (Å²) in [5, 5.41) is 4.88. The van der Waals surface area contributed by atoms with Gasteiger partial charge in [-0.3, -0.25) is 0 Å². The quantitative estimate of drug-likeness (QED) is 0.205. The minimum Gasteiger partial charge on any atom is -0.247 e. The van der Waals surface area contributed by atoms with Gasteiger partial charge < -0.3 is 0 Å². The molecule has 0 saturated carbocycles. The molecule has 1 nitrogen and oxygen atoms in total. The molecule has 0 radical (unpaired) electrons. The van der Waals surface area contributed by atoms with Crippen molar-refractivity contribution in [3.8, 4) is 22.3 Å². The molecule has 0 aliphatic heterocycles. The SMILES string of the molecule is c1ccc2c(c1)Cc1c-2cccc1-c1c2ccccc2nc2c1ccc1ccccc12. The molecule has 5 aromatic carbocycles. The van der Waals surface area contributed by atoms with Crippen molar-refractivity contribution in [2.45, 2.75) is 6.42 Å². The zero-order chi connectivity index (χ0) is 20.4. The molecule has 0 atom stereocenters. The van der Waals surface area contributed by atoms with Crippen LogP contribution in [-0.2, 0) is 6.42 Å². The maximum absolute atomic E-state index is 5.13. The summed E-state index contributed by atoms with van der Waals surface area (Å²) in [6, 6.07) is 37.2. The van der Waals surface area contributed by atoms with E-state index in [2.05, 4.69) is 103 Å². The number of nitrogens with zero attached hydrogens (tertiary/aromatic N) is 1. The second-order valence-electron chi connectivity index (χ2n) is 8.35. The van der Waals surface area contributed by atoms with Gasteiger partial charge in [-0.05, 0) is 45.7 Å². The van der Waals surface area contributed by atoms with Crippen LogP contribution < -0.4 is 0 Å². The summed E-state index contributed by atoms with van der Waals surface area (Å²) in [6.45, 7) is 0. The fourth-order valence-electron chi connectivity index (χ4n) is 5.31. The van der Waals surface area contributed by atoms with Crippen LogP contribution in [0.15, 0.2) is 103 Å². The van der Waals surface area contributed by atoms with Gasteiger partial charge in [0.1, 0.15) is 0 Å². The van der Waals surface area contributed by atoms with E-state index in [1.165, 1.54) is 54.9 Å². The number of para-hydroxylation sites is 1. The van der Waals surface area contributed by atoms with Gasteiger partial charge in [-0.2, -0.15) is 0 Å². The van der Waals surface area contributed by atoms with Gasteiger partial charge in [-0.15, -0.1) is 0 Å². The van der Waals surface area contributed by atoms with Crippen LogP contribution in [0.2, 0.25) is 0 Å². The Balaban J connectivity index is 1.65. The van der Waals surface area contributed by atoms with Crippen LogP contribution in [-0.4, -0.2) is 4.98 Å². The number of rotatable bonds is 1. The van der Waals surface area contributed by atoms with E-state index in [0.29, 0.717) is 0 Å². The zero-order valence-corrected chi connectivity index (χ0v) is 17.0. The normalized spacial score (nSPS) is 12.4. The van der Waals surface area contributed by atoms with Crippen molar-refractivity contribution in [2.75, 3.05) is 0 Å². The molecule has 7 rings (SSSR count). The highest BCUT2D eigenvalue weighted by atomic mass is 14.7. The van der Waals surface area contributed by atoms with Crippen LogP contribution in [0.4, 0.5) is 0 Å². The summed E-state index contributed by atoms with van der Waals surface area (Å²) < 4.78 is 0. The largest absolute Gasteiger partial charge is 0.247 e. The van der Waals surface area contributed by atoms with Crippen molar-refractivity contribution < 1.29 is 0 Å². The first-order valence-corrected chi connectivity index (χ1v) is 10.8. The van der Waals surface area contributed by atoms with Crippen LogP contribution in [0.3, 0.4) is 0 Å². The van der Waals surface area contributed by atoms with E-state index in [4.69, 9.17) is 4.98 Å². The van der Waals surface area contributed by atoms with Gasteiger partial charge in [-0.1, -0.05) is 97.1 Å². The van der Waals surface area contributed by atoms with Gasteiger partial charge >= 0.3 is 0 Å². The topological polar surface area (TPSA) is 12.9 Å². The highest BCUT2D eigenvalue weighted by Crippen LogP contribution is 2.45. The van der Waals surface area contributed by atoms with Crippen LogP contribution in [0.25, 0.3) is 54.8 Å². The molecule has 0 bridgehead atoms. The third kappa shape index (κ3) is 2.35. The minimum absolute atomic E-state index is 0.980. The molecule has 1 heterocycles. The molecule has 0 unspecified atom stereocenters. The van der Waals surface area contributed by atoms with E-state index >= 15 is 0 Å². The van der Waals surface area contributed by atoms with Crippen molar-refractivity contribution in [3.63, 3.8) is 0 Å². The average molecular weight is 393 g/mol. The van der Waals surface area contributed by atoms with Gasteiger partial charge in [0.2, 0.25) is 0 Å². The van der Waals surface area contributed by atoms with Crippen molar-refractivity contribution >= 4 is 32.6 Å². The predicted molar refractivity (Wildman–Crippen MR) is 130 cm³/mol. The van der Waals surface area contributed by atoms with Crippen molar-refractivity contribution in [1.82, 2.24) is 4.98 Å². The lowest BCUT2D eigenvalue weighted by molar-refractivity contribution is 1.27. The molecule has 1 heteroatoms. The molecule has 0 amide bonds. The molecule has 6 aromatic rings. The van der Waals surface area contributed by atoms with Crippen molar-refractivity contribution in [1.29, 1.82) is 0 Å².